The molecule has 0 saturated heterocycles. The number of alkyl halides is 12. The van der Waals surface area contributed by atoms with E-state index in [-0.39, 0.29) is 24.3 Å². The van der Waals surface area contributed by atoms with Gasteiger partial charge in [-0.25, -0.2) is 8.78 Å². The first-order chi connectivity index (χ1) is 10.9. The molecule has 0 N–H and O–H groups in total. The molecule has 0 aliphatic carbocycles. The molecule has 0 aliphatic rings. The second kappa shape index (κ2) is 5.94. The van der Waals surface area contributed by atoms with Crippen molar-refractivity contribution in [1.29, 1.82) is 0 Å². The van der Waals surface area contributed by atoms with Crippen molar-refractivity contribution in [2.24, 2.45) is 5.41 Å². The maximum Gasteiger partial charge on any atom is 0.454 e. The third-order valence-electron chi connectivity index (χ3n) is 3.29. The van der Waals surface area contributed by atoms with E-state index in [1.54, 1.807) is 0 Å². The van der Waals surface area contributed by atoms with Crippen LogP contribution in [0.2, 0.25) is 0 Å². The van der Waals surface area contributed by atoms with Crippen molar-refractivity contribution in [2.75, 3.05) is 0 Å². The number of benzene rings is 1. The molecule has 0 fully saturated rings. The van der Waals surface area contributed by atoms with Crippen LogP contribution in [0.5, 0.6) is 0 Å². The van der Waals surface area contributed by atoms with Gasteiger partial charge in [-0.1, -0.05) is 12.1 Å². The lowest BCUT2D eigenvalue weighted by atomic mass is 9.72. The molecular formula is C12H5F13. The largest absolute Gasteiger partial charge is 0.454 e. The molecular weight excluding hydrogens is 391 g/mol. The van der Waals surface area contributed by atoms with Crippen LogP contribution in [0.1, 0.15) is 11.7 Å². The van der Waals surface area contributed by atoms with Crippen molar-refractivity contribution in [3.8, 4) is 0 Å². The van der Waals surface area contributed by atoms with E-state index < -0.39 is 47.4 Å². The number of halogens is 13. The van der Waals surface area contributed by atoms with E-state index >= 15 is 0 Å². The smallest absolute Gasteiger partial charge is 0.241 e. The molecule has 0 nitrogen and oxygen atoms in total. The molecule has 0 amide bonds. The van der Waals surface area contributed by atoms with E-state index in [2.05, 4.69) is 0 Å². The fourth-order valence-corrected chi connectivity index (χ4v) is 2.07. The molecule has 0 aromatic heterocycles. The van der Waals surface area contributed by atoms with Crippen LogP contribution < -0.4 is 0 Å². The molecule has 0 aliphatic heterocycles. The van der Waals surface area contributed by atoms with Crippen LogP contribution in [0.15, 0.2) is 24.3 Å². The number of rotatable bonds is 3. The summed E-state index contributed by atoms with van der Waals surface area (Å²) in [6.45, 7) is 0. The quantitative estimate of drug-likeness (QED) is 0.538. The molecule has 0 bridgehead atoms. The van der Waals surface area contributed by atoms with Crippen LogP contribution in [-0.2, 0) is 0 Å². The Kier molecular flexibility index (Phi) is 5.07. The summed E-state index contributed by atoms with van der Waals surface area (Å²) in [4.78, 5) is 0. The van der Waals surface area contributed by atoms with Crippen molar-refractivity contribution < 1.29 is 57.1 Å². The molecule has 13 heteroatoms. The topological polar surface area (TPSA) is 0 Å². The van der Waals surface area contributed by atoms with Crippen LogP contribution in [-0.4, -0.2) is 24.5 Å². The third-order valence-corrected chi connectivity index (χ3v) is 3.29. The van der Waals surface area contributed by atoms with Gasteiger partial charge in [-0.2, -0.15) is 48.3 Å². The first-order valence-corrected chi connectivity index (χ1v) is 5.88. The lowest BCUT2D eigenvalue weighted by molar-refractivity contribution is -0.462. The summed E-state index contributed by atoms with van der Waals surface area (Å²) in [5.74, 6) is -8.88. The Morgan fingerprint density at radius 2 is 0.960 bits per heavy atom. The highest BCUT2D eigenvalue weighted by Crippen LogP contribution is 2.68. The van der Waals surface area contributed by atoms with Crippen LogP contribution >= 0.6 is 0 Å². The fraction of sp³-hybridized carbons (Fsp3) is 0.500. The lowest BCUT2D eigenvalue weighted by Gasteiger charge is -2.44. The van der Waals surface area contributed by atoms with Crippen LogP contribution in [0, 0.1) is 11.2 Å². The molecule has 144 valence electrons. The molecule has 1 aromatic carbocycles. The molecule has 0 heterocycles. The molecule has 0 spiro atoms. The fourth-order valence-electron chi connectivity index (χ4n) is 2.07. The highest BCUT2D eigenvalue weighted by Gasteiger charge is 2.92. The summed E-state index contributed by atoms with van der Waals surface area (Å²) in [7, 11) is 0. The maximum absolute atomic E-state index is 14.1. The van der Waals surface area contributed by atoms with Gasteiger partial charge >= 0.3 is 24.5 Å². The summed E-state index contributed by atoms with van der Waals surface area (Å²) >= 11 is 0. The van der Waals surface area contributed by atoms with Gasteiger partial charge in [0.05, 0.1) is 0 Å². The van der Waals surface area contributed by atoms with Gasteiger partial charge in [0.25, 0.3) is 5.41 Å². The van der Waals surface area contributed by atoms with Crippen molar-refractivity contribution in [1.82, 2.24) is 0 Å². The van der Waals surface area contributed by atoms with Crippen molar-refractivity contribution >= 4 is 0 Å². The summed E-state index contributed by atoms with van der Waals surface area (Å²) < 4.78 is 168. The first-order valence-electron chi connectivity index (χ1n) is 5.88. The highest BCUT2D eigenvalue weighted by atomic mass is 19.4. The lowest BCUT2D eigenvalue weighted by Crippen LogP contribution is -2.68. The summed E-state index contributed by atoms with van der Waals surface area (Å²) in [6, 6.07) is 0.00761. The van der Waals surface area contributed by atoms with Gasteiger partial charge in [0, 0.05) is 0 Å². The molecule has 1 atom stereocenters. The van der Waals surface area contributed by atoms with E-state index in [9.17, 15) is 57.1 Å². The van der Waals surface area contributed by atoms with Crippen LogP contribution in [0.3, 0.4) is 0 Å². The molecule has 1 aromatic rings. The summed E-state index contributed by atoms with van der Waals surface area (Å²) in [5, 5.41) is 0. The Bertz CT molecular complexity index is 575. The molecule has 1 rings (SSSR count). The normalized spacial score (nSPS) is 16.0. The van der Waals surface area contributed by atoms with E-state index in [1.165, 1.54) is 0 Å². The van der Waals surface area contributed by atoms with Gasteiger partial charge in [0.2, 0.25) is 0 Å². The van der Waals surface area contributed by atoms with Gasteiger partial charge in [-0.05, 0) is 17.7 Å². The average Bonchev–Trinajstić information content (AvgIpc) is 2.34. The summed E-state index contributed by atoms with van der Waals surface area (Å²) in [5.41, 5.74) is -9.00. The second-order valence-electron chi connectivity index (χ2n) is 4.79. The Balaban J connectivity index is 3.88. The minimum Gasteiger partial charge on any atom is -0.241 e. The Labute approximate surface area is 130 Å². The Hall–Kier alpha value is -1.69. The monoisotopic (exact) mass is 396 g/mol. The number of hydrogen-bond donors (Lipinski definition) is 0. The minimum atomic E-state index is -7.58. The zero-order valence-electron chi connectivity index (χ0n) is 11.3. The van der Waals surface area contributed by atoms with Crippen molar-refractivity contribution in [2.45, 2.75) is 30.6 Å². The SMILES string of the molecule is Fc1ccc(C(F)C(C(F)(F)F)(C(F)(F)F)C(F)(F)C(F)(F)F)cc1. The molecule has 25 heavy (non-hydrogen) atoms. The van der Waals surface area contributed by atoms with Gasteiger partial charge in [-0.3, -0.25) is 0 Å². The molecule has 0 saturated carbocycles. The molecule has 0 radical (unpaired) electrons. The average molecular weight is 396 g/mol. The zero-order valence-corrected chi connectivity index (χ0v) is 11.3. The Morgan fingerprint density at radius 3 is 1.24 bits per heavy atom. The zero-order chi connectivity index (χ0) is 20.1. The van der Waals surface area contributed by atoms with Gasteiger partial charge in [0.1, 0.15) is 5.82 Å². The van der Waals surface area contributed by atoms with Gasteiger partial charge in [0.15, 0.2) is 6.17 Å². The third kappa shape index (κ3) is 3.12. The van der Waals surface area contributed by atoms with Crippen LogP contribution in [0.4, 0.5) is 57.1 Å². The van der Waals surface area contributed by atoms with E-state index in [0.29, 0.717) is 0 Å². The Morgan fingerprint density at radius 1 is 0.600 bits per heavy atom. The summed E-state index contributed by atoms with van der Waals surface area (Å²) in [6.07, 6.45) is -27.1. The van der Waals surface area contributed by atoms with E-state index in [0.717, 1.165) is 0 Å². The maximum atomic E-state index is 14.1. The number of hydrogen-bond acceptors (Lipinski definition) is 0. The van der Waals surface area contributed by atoms with Crippen molar-refractivity contribution in [3.63, 3.8) is 0 Å². The van der Waals surface area contributed by atoms with Crippen LogP contribution in [0.25, 0.3) is 0 Å². The van der Waals surface area contributed by atoms with Gasteiger partial charge < -0.3 is 0 Å². The predicted molar refractivity (Wildman–Crippen MR) is 55.8 cm³/mol. The standard InChI is InChI=1S/C12H5F13/c13-6-3-1-5(2-4-6)7(14)8(10(17,18)19,11(20,21)22)9(15,16)12(23,24)25/h1-4,7H. The predicted octanol–water partition coefficient (Wildman–Crippen LogP) is 6.14. The molecule has 1 unspecified atom stereocenters. The second-order valence-corrected chi connectivity index (χ2v) is 4.79. The first kappa shape index (κ1) is 21.4. The minimum absolute atomic E-state index is 0.0985. The van der Waals surface area contributed by atoms with Crippen molar-refractivity contribution in [3.05, 3.63) is 35.6 Å². The van der Waals surface area contributed by atoms with Gasteiger partial charge in [-0.15, -0.1) is 0 Å². The van der Waals surface area contributed by atoms with E-state index in [1.807, 2.05) is 0 Å². The highest BCUT2D eigenvalue weighted by molar-refractivity contribution is 5.25. The van der Waals surface area contributed by atoms with E-state index in [4.69, 9.17) is 0 Å².